The fraction of sp³-hybridized carbons (Fsp3) is 0.219. The Bertz CT molecular complexity index is 1430. The zero-order valence-corrected chi connectivity index (χ0v) is 22.1. The smallest absolute Gasteiger partial charge is 0.291 e. The second kappa shape index (κ2) is 12.4. The standard InChI is InChI=1S/C32H32N2O5/c1-22(33-17-7-9-23-8-6-12-26(18-23)36-2)28(24-13-15-29-31(19-24)38-21-37-29)20-27-14-16-30(39-27)32(35)34-25-10-4-3-5-11-25/h3-16,18-19,22,28,33H,17,20-21H2,1-2H3,(H,34,35)/b9-7+. The van der Waals surface area contributed by atoms with Crippen molar-refractivity contribution in [2.45, 2.75) is 25.3 Å². The summed E-state index contributed by atoms with van der Waals surface area (Å²) >= 11 is 0. The van der Waals surface area contributed by atoms with Crippen LogP contribution in [0.2, 0.25) is 0 Å². The molecule has 0 radical (unpaired) electrons. The molecule has 1 aromatic heterocycles. The summed E-state index contributed by atoms with van der Waals surface area (Å²) in [6, 6.07) is 27.0. The van der Waals surface area contributed by atoms with E-state index in [0.29, 0.717) is 13.0 Å². The van der Waals surface area contributed by atoms with Crippen molar-refractivity contribution in [3.63, 3.8) is 0 Å². The molecule has 2 atom stereocenters. The SMILES string of the molecule is COc1cccc(/C=C/CNC(C)C(Cc2ccc(C(=O)Nc3ccccc3)o2)c2ccc3c(c2)OCO3)c1. The average Bonchev–Trinajstić information content (AvgIpc) is 3.64. The average molecular weight is 525 g/mol. The Hall–Kier alpha value is -4.49. The molecular formula is C32H32N2O5. The van der Waals surface area contributed by atoms with Crippen molar-refractivity contribution in [3.05, 3.63) is 114 Å². The molecule has 1 aliphatic heterocycles. The molecule has 0 spiro atoms. The van der Waals surface area contributed by atoms with Crippen molar-refractivity contribution in [1.29, 1.82) is 0 Å². The van der Waals surface area contributed by atoms with Crippen LogP contribution in [-0.4, -0.2) is 32.4 Å². The van der Waals surface area contributed by atoms with Gasteiger partial charge in [0, 0.05) is 30.6 Å². The number of hydrogen-bond acceptors (Lipinski definition) is 6. The minimum absolute atomic E-state index is 0.0564. The Labute approximate surface area is 228 Å². The molecule has 2 unspecified atom stereocenters. The summed E-state index contributed by atoms with van der Waals surface area (Å²) in [4.78, 5) is 12.7. The molecule has 0 aliphatic carbocycles. The molecule has 200 valence electrons. The predicted octanol–water partition coefficient (Wildman–Crippen LogP) is 6.29. The van der Waals surface area contributed by atoms with Crippen LogP contribution >= 0.6 is 0 Å². The number of anilines is 1. The Balaban J connectivity index is 1.29. The quantitative estimate of drug-likeness (QED) is 0.240. The van der Waals surface area contributed by atoms with Gasteiger partial charge in [0.25, 0.3) is 5.91 Å². The van der Waals surface area contributed by atoms with Crippen LogP contribution in [0.3, 0.4) is 0 Å². The fourth-order valence-electron chi connectivity index (χ4n) is 4.60. The molecule has 0 saturated carbocycles. The number of rotatable bonds is 11. The van der Waals surface area contributed by atoms with Crippen molar-refractivity contribution < 1.29 is 23.4 Å². The highest BCUT2D eigenvalue weighted by Crippen LogP contribution is 2.36. The molecule has 0 fully saturated rings. The number of carbonyl (C=O) groups excluding carboxylic acids is 1. The van der Waals surface area contributed by atoms with Gasteiger partial charge in [-0.3, -0.25) is 4.79 Å². The number of nitrogens with one attached hydrogen (secondary N) is 2. The van der Waals surface area contributed by atoms with Crippen LogP contribution in [0, 0.1) is 0 Å². The van der Waals surface area contributed by atoms with Crippen LogP contribution < -0.4 is 24.8 Å². The maximum absolute atomic E-state index is 12.7. The summed E-state index contributed by atoms with van der Waals surface area (Å²) in [5, 5.41) is 6.49. The normalized spacial score (nSPS) is 13.8. The van der Waals surface area contributed by atoms with E-state index in [2.05, 4.69) is 35.8 Å². The first-order valence-electron chi connectivity index (χ1n) is 13.0. The van der Waals surface area contributed by atoms with E-state index in [4.69, 9.17) is 18.6 Å². The second-order valence-electron chi connectivity index (χ2n) is 9.39. The number of methoxy groups -OCH3 is 1. The summed E-state index contributed by atoms with van der Waals surface area (Å²) in [5.41, 5.74) is 2.90. The lowest BCUT2D eigenvalue weighted by molar-refractivity contribution is 0.0994. The lowest BCUT2D eigenvalue weighted by Gasteiger charge is -2.25. The molecule has 7 heteroatoms. The van der Waals surface area contributed by atoms with Gasteiger partial charge in [-0.05, 0) is 66.6 Å². The van der Waals surface area contributed by atoms with E-state index >= 15 is 0 Å². The second-order valence-corrected chi connectivity index (χ2v) is 9.39. The highest BCUT2D eigenvalue weighted by Gasteiger charge is 2.24. The number of ether oxygens (including phenoxy) is 3. The number of carbonyl (C=O) groups is 1. The molecule has 7 nitrogen and oxygen atoms in total. The number of amides is 1. The first-order chi connectivity index (χ1) is 19.1. The highest BCUT2D eigenvalue weighted by atomic mass is 16.7. The molecular weight excluding hydrogens is 492 g/mol. The van der Waals surface area contributed by atoms with E-state index in [0.717, 1.165) is 39.8 Å². The van der Waals surface area contributed by atoms with Gasteiger partial charge in [-0.2, -0.15) is 0 Å². The van der Waals surface area contributed by atoms with Gasteiger partial charge >= 0.3 is 0 Å². The van der Waals surface area contributed by atoms with Gasteiger partial charge in [0.1, 0.15) is 11.5 Å². The van der Waals surface area contributed by atoms with E-state index in [1.54, 1.807) is 13.2 Å². The molecule has 1 aliphatic rings. The van der Waals surface area contributed by atoms with Gasteiger partial charge in [0.05, 0.1) is 7.11 Å². The monoisotopic (exact) mass is 524 g/mol. The third-order valence-corrected chi connectivity index (χ3v) is 6.73. The zero-order chi connectivity index (χ0) is 27.0. The number of para-hydroxylation sites is 1. The van der Waals surface area contributed by atoms with E-state index in [1.165, 1.54) is 0 Å². The molecule has 1 amide bonds. The third-order valence-electron chi connectivity index (χ3n) is 6.73. The summed E-state index contributed by atoms with van der Waals surface area (Å²) in [7, 11) is 1.67. The van der Waals surface area contributed by atoms with E-state index in [9.17, 15) is 4.79 Å². The van der Waals surface area contributed by atoms with Crippen molar-refractivity contribution in [1.82, 2.24) is 5.32 Å². The molecule has 2 N–H and O–H groups in total. The molecule has 39 heavy (non-hydrogen) atoms. The third kappa shape index (κ3) is 6.69. The number of fused-ring (bicyclic) bond motifs is 1. The summed E-state index contributed by atoms with van der Waals surface area (Å²) in [6.45, 7) is 3.06. The largest absolute Gasteiger partial charge is 0.497 e. The molecule has 2 heterocycles. The molecule has 0 bridgehead atoms. The summed E-state index contributed by atoms with van der Waals surface area (Å²) in [6.07, 6.45) is 4.77. The van der Waals surface area contributed by atoms with E-state index in [-0.39, 0.29) is 30.4 Å². The topological polar surface area (TPSA) is 82.0 Å². The molecule has 3 aromatic carbocycles. The van der Waals surface area contributed by atoms with Crippen LogP contribution in [0.1, 0.15) is 40.3 Å². The maximum atomic E-state index is 12.7. The van der Waals surface area contributed by atoms with Crippen LogP contribution in [0.15, 0.2) is 95.4 Å². The first-order valence-corrected chi connectivity index (χ1v) is 13.0. The van der Waals surface area contributed by atoms with Crippen molar-refractivity contribution >= 4 is 17.7 Å². The van der Waals surface area contributed by atoms with Gasteiger partial charge in [-0.15, -0.1) is 0 Å². The van der Waals surface area contributed by atoms with Gasteiger partial charge in [0.15, 0.2) is 17.3 Å². The maximum Gasteiger partial charge on any atom is 0.291 e. The van der Waals surface area contributed by atoms with Crippen LogP contribution in [0.25, 0.3) is 6.08 Å². The van der Waals surface area contributed by atoms with E-state index < -0.39 is 0 Å². The lowest BCUT2D eigenvalue weighted by Crippen LogP contribution is -2.33. The molecule has 5 rings (SSSR count). The van der Waals surface area contributed by atoms with E-state index in [1.807, 2.05) is 72.8 Å². The summed E-state index contributed by atoms with van der Waals surface area (Å²) in [5.74, 6) is 3.11. The Morgan fingerprint density at radius 2 is 1.82 bits per heavy atom. The minimum Gasteiger partial charge on any atom is -0.497 e. The number of benzene rings is 3. The van der Waals surface area contributed by atoms with Gasteiger partial charge in [-0.1, -0.05) is 48.6 Å². The Kier molecular flexibility index (Phi) is 8.29. The number of furan rings is 1. The molecule has 0 saturated heterocycles. The molecule has 4 aromatic rings. The predicted molar refractivity (Wildman–Crippen MR) is 152 cm³/mol. The van der Waals surface area contributed by atoms with Crippen LogP contribution in [0.5, 0.6) is 17.2 Å². The number of hydrogen-bond donors (Lipinski definition) is 2. The lowest BCUT2D eigenvalue weighted by atomic mass is 9.88. The Morgan fingerprint density at radius 3 is 2.67 bits per heavy atom. The van der Waals surface area contributed by atoms with Crippen molar-refractivity contribution in [3.8, 4) is 17.2 Å². The van der Waals surface area contributed by atoms with Gasteiger partial charge in [-0.25, -0.2) is 0 Å². The Morgan fingerprint density at radius 1 is 0.974 bits per heavy atom. The van der Waals surface area contributed by atoms with Crippen LogP contribution in [-0.2, 0) is 6.42 Å². The van der Waals surface area contributed by atoms with Gasteiger partial charge < -0.3 is 29.3 Å². The first kappa shape index (κ1) is 26.1. The van der Waals surface area contributed by atoms with Crippen LogP contribution in [0.4, 0.5) is 5.69 Å². The summed E-state index contributed by atoms with van der Waals surface area (Å²) < 4.78 is 22.5. The fourth-order valence-corrected chi connectivity index (χ4v) is 4.60. The van der Waals surface area contributed by atoms with Crippen molar-refractivity contribution in [2.24, 2.45) is 0 Å². The van der Waals surface area contributed by atoms with Gasteiger partial charge in [0.2, 0.25) is 6.79 Å². The highest BCUT2D eigenvalue weighted by molar-refractivity contribution is 6.02. The zero-order valence-electron chi connectivity index (χ0n) is 22.1. The van der Waals surface area contributed by atoms with Crippen molar-refractivity contribution in [2.75, 3.05) is 25.8 Å². The minimum atomic E-state index is -0.277.